The summed E-state index contributed by atoms with van der Waals surface area (Å²) in [6.07, 6.45) is 0.618. The first-order valence-corrected chi connectivity index (χ1v) is 6.34. The van der Waals surface area contributed by atoms with E-state index < -0.39 is 12.0 Å². The molecule has 1 heterocycles. The van der Waals surface area contributed by atoms with Crippen molar-refractivity contribution < 1.29 is 19.5 Å². The monoisotopic (exact) mass is 253 g/mol. The largest absolute Gasteiger partial charge is 0.480 e. The molecular weight excluding hydrogens is 234 g/mol. The molecule has 2 aliphatic rings. The molecule has 0 radical (unpaired) electrons. The summed E-state index contributed by atoms with van der Waals surface area (Å²) in [7, 11) is 0. The van der Waals surface area contributed by atoms with Crippen LogP contribution >= 0.6 is 0 Å². The van der Waals surface area contributed by atoms with Crippen LogP contribution in [0.3, 0.4) is 0 Å². The number of piperidine rings is 1. The normalized spacial score (nSPS) is 32.1. The molecule has 0 bridgehead atoms. The summed E-state index contributed by atoms with van der Waals surface area (Å²) in [5.74, 6) is -2.54. The van der Waals surface area contributed by atoms with Gasteiger partial charge in [-0.1, -0.05) is 34.1 Å². The van der Waals surface area contributed by atoms with Gasteiger partial charge in [-0.05, 0) is 11.3 Å². The molecule has 5 nitrogen and oxygen atoms in total. The Kier molecular flexibility index (Phi) is 2.76. The highest BCUT2D eigenvalue weighted by Crippen LogP contribution is 2.63. The molecule has 1 saturated carbocycles. The van der Waals surface area contributed by atoms with E-state index in [4.69, 9.17) is 0 Å². The van der Waals surface area contributed by atoms with E-state index in [9.17, 15) is 19.5 Å². The third-order valence-corrected chi connectivity index (χ3v) is 4.55. The molecule has 100 valence electrons. The lowest BCUT2D eigenvalue weighted by Gasteiger charge is -2.30. The zero-order valence-electron chi connectivity index (χ0n) is 11.1. The van der Waals surface area contributed by atoms with Crippen molar-refractivity contribution >= 4 is 17.8 Å². The van der Waals surface area contributed by atoms with Gasteiger partial charge in [0.25, 0.3) is 0 Å². The number of carbonyl (C=O) groups excluding carboxylic acids is 2. The van der Waals surface area contributed by atoms with E-state index in [1.165, 1.54) is 0 Å². The molecule has 5 heteroatoms. The van der Waals surface area contributed by atoms with Crippen molar-refractivity contribution in [3.8, 4) is 0 Å². The average molecular weight is 253 g/mol. The Morgan fingerprint density at radius 1 is 1.33 bits per heavy atom. The van der Waals surface area contributed by atoms with E-state index in [1.807, 2.05) is 20.8 Å². The highest BCUT2D eigenvalue weighted by atomic mass is 16.4. The van der Waals surface area contributed by atoms with Gasteiger partial charge in [-0.15, -0.1) is 0 Å². The topological polar surface area (TPSA) is 74.7 Å². The van der Waals surface area contributed by atoms with Crippen molar-refractivity contribution in [2.75, 3.05) is 0 Å². The number of aliphatic carboxylic acids is 1. The second-order valence-corrected chi connectivity index (χ2v) is 5.99. The molecule has 0 aromatic rings. The van der Waals surface area contributed by atoms with Crippen LogP contribution in [0, 0.1) is 23.2 Å². The van der Waals surface area contributed by atoms with Gasteiger partial charge in [0.15, 0.2) is 0 Å². The molecule has 4 unspecified atom stereocenters. The Hall–Kier alpha value is -1.39. The minimum atomic E-state index is -1.09. The van der Waals surface area contributed by atoms with E-state index in [1.54, 1.807) is 6.92 Å². The predicted molar refractivity (Wildman–Crippen MR) is 63.5 cm³/mol. The van der Waals surface area contributed by atoms with E-state index in [-0.39, 0.29) is 35.0 Å². The predicted octanol–water partition coefficient (Wildman–Crippen LogP) is 1.13. The summed E-state index contributed by atoms with van der Waals surface area (Å²) >= 11 is 0. The Bertz CT molecular complexity index is 405. The lowest BCUT2D eigenvalue weighted by molar-refractivity contribution is -0.159. The van der Waals surface area contributed by atoms with Crippen LogP contribution in [0.25, 0.3) is 0 Å². The zero-order chi connectivity index (χ0) is 13.8. The molecule has 1 aliphatic carbocycles. The number of imide groups is 1. The van der Waals surface area contributed by atoms with Gasteiger partial charge in [-0.3, -0.25) is 14.5 Å². The molecule has 4 atom stereocenters. The maximum Gasteiger partial charge on any atom is 0.327 e. The third-order valence-electron chi connectivity index (χ3n) is 4.55. The lowest BCUT2D eigenvalue weighted by Crippen LogP contribution is -2.51. The molecule has 0 spiro atoms. The molecule has 1 saturated heterocycles. The van der Waals surface area contributed by atoms with Gasteiger partial charge in [-0.25, -0.2) is 4.79 Å². The second kappa shape index (κ2) is 3.80. The lowest BCUT2D eigenvalue weighted by atomic mass is 9.96. The number of nitrogens with zero attached hydrogens (tertiary/aromatic N) is 1. The van der Waals surface area contributed by atoms with Crippen molar-refractivity contribution in [2.24, 2.45) is 23.2 Å². The molecule has 2 rings (SSSR count). The third kappa shape index (κ3) is 1.49. The number of carbonyl (C=O) groups is 3. The maximum atomic E-state index is 12.2. The van der Waals surface area contributed by atoms with Crippen molar-refractivity contribution in [1.29, 1.82) is 0 Å². The Morgan fingerprint density at radius 2 is 1.78 bits per heavy atom. The summed E-state index contributed by atoms with van der Waals surface area (Å²) in [6.45, 7) is 7.38. The molecular formula is C13H19NO4. The fourth-order valence-electron chi connectivity index (χ4n) is 3.07. The first kappa shape index (κ1) is 13.1. The second-order valence-electron chi connectivity index (χ2n) is 5.99. The minimum absolute atomic E-state index is 0.226. The summed E-state index contributed by atoms with van der Waals surface area (Å²) < 4.78 is 0. The number of likely N-dealkylation sites (tertiary alicyclic amines) is 1. The van der Waals surface area contributed by atoms with Crippen molar-refractivity contribution in [2.45, 2.75) is 40.2 Å². The van der Waals surface area contributed by atoms with Crippen LogP contribution in [0.4, 0.5) is 0 Å². The average Bonchev–Trinajstić information content (AvgIpc) is 2.74. The van der Waals surface area contributed by atoms with Gasteiger partial charge >= 0.3 is 5.97 Å². The first-order chi connectivity index (χ1) is 8.25. The van der Waals surface area contributed by atoms with Crippen molar-refractivity contribution in [1.82, 2.24) is 4.90 Å². The summed E-state index contributed by atoms with van der Waals surface area (Å²) in [4.78, 5) is 36.7. The van der Waals surface area contributed by atoms with Gasteiger partial charge in [-0.2, -0.15) is 0 Å². The highest BCUT2D eigenvalue weighted by Gasteiger charge is 2.73. The van der Waals surface area contributed by atoms with E-state index in [0.29, 0.717) is 6.42 Å². The van der Waals surface area contributed by atoms with Gasteiger partial charge in [0.2, 0.25) is 11.8 Å². The number of hydrogen-bond acceptors (Lipinski definition) is 3. The number of rotatable bonds is 4. The van der Waals surface area contributed by atoms with Crippen LogP contribution in [0.15, 0.2) is 0 Å². The Morgan fingerprint density at radius 3 is 2.11 bits per heavy atom. The SMILES string of the molecule is CCC(C)C(C(=O)O)N1C(=O)C2C(C1=O)C2(C)C. The Balaban J connectivity index is 2.28. The summed E-state index contributed by atoms with van der Waals surface area (Å²) in [6, 6.07) is -1.02. The van der Waals surface area contributed by atoms with Gasteiger partial charge in [0.1, 0.15) is 6.04 Å². The van der Waals surface area contributed by atoms with Crippen LogP contribution in [0.2, 0.25) is 0 Å². The number of amides is 2. The van der Waals surface area contributed by atoms with Gasteiger partial charge < -0.3 is 5.11 Å². The number of carboxylic acids is 1. The zero-order valence-corrected chi connectivity index (χ0v) is 11.1. The fourth-order valence-corrected chi connectivity index (χ4v) is 3.07. The number of fused-ring (bicyclic) bond motifs is 1. The molecule has 0 aromatic carbocycles. The molecule has 1 N–H and O–H groups in total. The van der Waals surface area contributed by atoms with E-state index in [0.717, 1.165) is 4.90 Å². The molecule has 2 fully saturated rings. The van der Waals surface area contributed by atoms with Crippen LogP contribution in [0.5, 0.6) is 0 Å². The number of carboxylic acid groups (broad SMARTS) is 1. The summed E-state index contributed by atoms with van der Waals surface area (Å²) in [5.41, 5.74) is -0.289. The Labute approximate surface area is 106 Å². The molecule has 18 heavy (non-hydrogen) atoms. The number of hydrogen-bond donors (Lipinski definition) is 1. The van der Waals surface area contributed by atoms with Crippen molar-refractivity contribution in [3.05, 3.63) is 0 Å². The van der Waals surface area contributed by atoms with Crippen LogP contribution in [0.1, 0.15) is 34.1 Å². The van der Waals surface area contributed by atoms with Crippen LogP contribution in [-0.4, -0.2) is 33.8 Å². The first-order valence-electron chi connectivity index (χ1n) is 6.34. The minimum Gasteiger partial charge on any atom is -0.480 e. The molecule has 2 amide bonds. The quantitative estimate of drug-likeness (QED) is 0.762. The smallest absolute Gasteiger partial charge is 0.327 e. The molecule has 0 aromatic heterocycles. The van der Waals surface area contributed by atoms with Gasteiger partial charge in [0, 0.05) is 0 Å². The van der Waals surface area contributed by atoms with E-state index >= 15 is 0 Å². The van der Waals surface area contributed by atoms with Crippen molar-refractivity contribution in [3.63, 3.8) is 0 Å². The highest BCUT2D eigenvalue weighted by molar-refractivity contribution is 6.12. The van der Waals surface area contributed by atoms with E-state index in [2.05, 4.69) is 0 Å². The van der Waals surface area contributed by atoms with Crippen LogP contribution in [-0.2, 0) is 14.4 Å². The summed E-state index contributed by atoms with van der Waals surface area (Å²) in [5, 5.41) is 9.26. The maximum absolute atomic E-state index is 12.2. The molecule has 1 aliphatic heterocycles. The van der Waals surface area contributed by atoms with Gasteiger partial charge in [0.05, 0.1) is 11.8 Å². The fraction of sp³-hybridized carbons (Fsp3) is 0.769. The van der Waals surface area contributed by atoms with Crippen LogP contribution < -0.4 is 0 Å². The standard InChI is InChI=1S/C13H19NO4/c1-5-6(2)9(12(17)18)14-10(15)7-8(11(14)16)13(7,3)4/h6-9H,5H2,1-4H3,(H,17,18).